The maximum absolute atomic E-state index is 12.2. The van der Waals surface area contributed by atoms with E-state index in [2.05, 4.69) is 5.32 Å². The number of nitrogens with zero attached hydrogens (tertiary/aromatic N) is 2. The van der Waals surface area contributed by atoms with E-state index in [1.807, 2.05) is 0 Å². The summed E-state index contributed by atoms with van der Waals surface area (Å²) in [5.41, 5.74) is 0. The number of carboxylic acids is 1. The number of piperidine rings is 1. The number of likely N-dealkylation sites (N-methyl/N-ethyl adjacent to an activating group) is 1. The maximum atomic E-state index is 12.2. The van der Waals surface area contributed by atoms with Gasteiger partial charge in [0.05, 0.1) is 12.5 Å². The number of carboxylic acid groups (broad SMARTS) is 1. The molecule has 8 heteroatoms. The predicted octanol–water partition coefficient (Wildman–Crippen LogP) is -0.707. The highest BCUT2D eigenvalue weighted by Gasteiger charge is 2.29. The highest BCUT2D eigenvalue weighted by Crippen LogP contribution is 2.16. The van der Waals surface area contributed by atoms with Crippen molar-refractivity contribution < 1.29 is 24.3 Å². The third-order valence-electron chi connectivity index (χ3n) is 3.66. The van der Waals surface area contributed by atoms with E-state index in [9.17, 15) is 19.2 Å². The average molecular weight is 313 g/mol. The van der Waals surface area contributed by atoms with E-state index < -0.39 is 17.9 Å². The van der Waals surface area contributed by atoms with Crippen LogP contribution in [-0.4, -0.2) is 71.3 Å². The molecule has 1 rings (SSSR count). The smallest absolute Gasteiger partial charge is 0.308 e. The summed E-state index contributed by atoms with van der Waals surface area (Å²) in [6.45, 7) is 3.42. The summed E-state index contributed by atoms with van der Waals surface area (Å²) in [7, 11) is 1.48. The van der Waals surface area contributed by atoms with E-state index in [0.717, 1.165) is 0 Å². The van der Waals surface area contributed by atoms with Crippen LogP contribution in [0.15, 0.2) is 0 Å². The monoisotopic (exact) mass is 313 g/mol. The second-order valence-corrected chi connectivity index (χ2v) is 5.63. The number of carbonyl (C=O) groups excluding carboxylic acids is 3. The zero-order valence-corrected chi connectivity index (χ0v) is 13.2. The molecule has 2 atom stereocenters. The number of rotatable bonds is 5. The van der Waals surface area contributed by atoms with Gasteiger partial charge in [0.15, 0.2) is 0 Å². The van der Waals surface area contributed by atoms with Gasteiger partial charge in [0.25, 0.3) is 0 Å². The van der Waals surface area contributed by atoms with Crippen molar-refractivity contribution in [2.75, 3.05) is 26.7 Å². The Hall–Kier alpha value is -2.12. The molecule has 0 aromatic heterocycles. The third-order valence-corrected chi connectivity index (χ3v) is 3.66. The lowest BCUT2D eigenvalue weighted by Gasteiger charge is -2.32. The molecule has 3 amide bonds. The Balaban J connectivity index is 2.54. The van der Waals surface area contributed by atoms with Gasteiger partial charge in [0, 0.05) is 27.1 Å². The van der Waals surface area contributed by atoms with Gasteiger partial charge >= 0.3 is 5.97 Å². The Morgan fingerprint density at radius 2 is 2.00 bits per heavy atom. The van der Waals surface area contributed by atoms with Crippen LogP contribution >= 0.6 is 0 Å². The van der Waals surface area contributed by atoms with Gasteiger partial charge in [-0.25, -0.2) is 0 Å². The van der Waals surface area contributed by atoms with Crippen LogP contribution in [0.3, 0.4) is 0 Å². The first-order valence-corrected chi connectivity index (χ1v) is 7.25. The highest BCUT2D eigenvalue weighted by molar-refractivity contribution is 5.89. The first-order valence-electron chi connectivity index (χ1n) is 7.25. The average Bonchev–Trinajstić information content (AvgIpc) is 2.45. The van der Waals surface area contributed by atoms with Gasteiger partial charge < -0.3 is 20.2 Å². The Kier molecular flexibility index (Phi) is 6.33. The molecule has 0 spiro atoms. The van der Waals surface area contributed by atoms with Crippen LogP contribution in [0.5, 0.6) is 0 Å². The Labute approximate surface area is 129 Å². The summed E-state index contributed by atoms with van der Waals surface area (Å²) < 4.78 is 0. The van der Waals surface area contributed by atoms with Crippen molar-refractivity contribution in [3.05, 3.63) is 0 Å². The van der Waals surface area contributed by atoms with Gasteiger partial charge in [-0.1, -0.05) is 0 Å². The van der Waals surface area contributed by atoms with Crippen LogP contribution in [0, 0.1) is 5.92 Å². The van der Waals surface area contributed by atoms with Crippen molar-refractivity contribution in [3.8, 4) is 0 Å². The zero-order valence-electron chi connectivity index (χ0n) is 13.2. The van der Waals surface area contributed by atoms with Crippen molar-refractivity contribution in [1.29, 1.82) is 0 Å². The van der Waals surface area contributed by atoms with Crippen molar-refractivity contribution in [3.63, 3.8) is 0 Å². The maximum Gasteiger partial charge on any atom is 0.308 e. The minimum atomic E-state index is -0.902. The minimum Gasteiger partial charge on any atom is -0.481 e. The second-order valence-electron chi connectivity index (χ2n) is 5.63. The Bertz CT molecular complexity index is 465. The molecule has 22 heavy (non-hydrogen) atoms. The molecule has 1 fully saturated rings. The molecule has 2 N–H and O–H groups in total. The van der Waals surface area contributed by atoms with Crippen LogP contribution in [0.25, 0.3) is 0 Å². The van der Waals surface area contributed by atoms with Crippen LogP contribution < -0.4 is 5.32 Å². The summed E-state index contributed by atoms with van der Waals surface area (Å²) >= 11 is 0. The lowest BCUT2D eigenvalue weighted by Crippen LogP contribution is -2.50. The summed E-state index contributed by atoms with van der Waals surface area (Å²) in [6, 6.07) is -0.705. The fourth-order valence-electron chi connectivity index (χ4n) is 2.48. The quantitative estimate of drug-likeness (QED) is 0.697. The van der Waals surface area contributed by atoms with Gasteiger partial charge in [-0.05, 0) is 19.8 Å². The number of likely N-dealkylation sites (tertiary alicyclic amines) is 1. The topological polar surface area (TPSA) is 107 Å². The molecule has 1 aliphatic heterocycles. The molecule has 0 bridgehead atoms. The standard InChI is InChI=1S/C14H23N3O5/c1-9(15-10(2)18)13(20)16(3)8-12(19)17-6-4-5-11(7-17)14(21)22/h9,11H,4-8H2,1-3H3,(H,15,18)(H,21,22). The third kappa shape index (κ3) is 5.01. The summed E-state index contributed by atoms with van der Waals surface area (Å²) in [5.74, 6) is -2.41. The molecule has 1 saturated heterocycles. The summed E-state index contributed by atoms with van der Waals surface area (Å²) in [5, 5.41) is 11.5. The van der Waals surface area contributed by atoms with Gasteiger partial charge in [0.1, 0.15) is 6.04 Å². The van der Waals surface area contributed by atoms with Crippen LogP contribution in [0.1, 0.15) is 26.7 Å². The number of hydrogen-bond acceptors (Lipinski definition) is 4. The summed E-state index contributed by atoms with van der Waals surface area (Å²) in [6.07, 6.45) is 1.20. The molecular formula is C14H23N3O5. The van der Waals surface area contributed by atoms with E-state index in [0.29, 0.717) is 19.4 Å². The molecule has 2 unspecified atom stereocenters. The second kappa shape index (κ2) is 7.77. The SMILES string of the molecule is CC(=O)NC(C)C(=O)N(C)CC(=O)N1CCCC(C(=O)O)C1. The Morgan fingerprint density at radius 3 is 2.55 bits per heavy atom. The van der Waals surface area contributed by atoms with Crippen LogP contribution in [0.4, 0.5) is 0 Å². The van der Waals surface area contributed by atoms with E-state index in [-0.39, 0.29) is 30.8 Å². The van der Waals surface area contributed by atoms with E-state index in [1.165, 1.54) is 23.8 Å². The predicted molar refractivity (Wildman–Crippen MR) is 77.9 cm³/mol. The first-order chi connectivity index (χ1) is 10.2. The van der Waals surface area contributed by atoms with E-state index in [4.69, 9.17) is 5.11 Å². The fourth-order valence-corrected chi connectivity index (χ4v) is 2.48. The molecule has 0 aromatic carbocycles. The molecular weight excluding hydrogens is 290 g/mol. The fraction of sp³-hybridized carbons (Fsp3) is 0.714. The van der Waals surface area contributed by atoms with Gasteiger partial charge in [-0.2, -0.15) is 0 Å². The molecule has 0 aromatic rings. The first kappa shape index (κ1) is 17.9. The van der Waals surface area contributed by atoms with Gasteiger partial charge in [-0.15, -0.1) is 0 Å². The molecule has 0 saturated carbocycles. The molecule has 1 aliphatic rings. The molecule has 8 nitrogen and oxygen atoms in total. The number of nitrogens with one attached hydrogen (secondary N) is 1. The largest absolute Gasteiger partial charge is 0.481 e. The molecule has 124 valence electrons. The normalized spacial score (nSPS) is 19.2. The highest BCUT2D eigenvalue weighted by atomic mass is 16.4. The minimum absolute atomic E-state index is 0.130. The summed E-state index contributed by atoms with van der Waals surface area (Å²) in [4.78, 5) is 48.9. The van der Waals surface area contributed by atoms with Crippen LogP contribution in [0.2, 0.25) is 0 Å². The van der Waals surface area contributed by atoms with Gasteiger partial charge in [-0.3, -0.25) is 19.2 Å². The van der Waals surface area contributed by atoms with Crippen molar-refractivity contribution >= 4 is 23.7 Å². The molecule has 1 heterocycles. The molecule has 0 aliphatic carbocycles. The number of hydrogen-bond donors (Lipinski definition) is 2. The lowest BCUT2D eigenvalue weighted by molar-refractivity contribution is -0.147. The van der Waals surface area contributed by atoms with Gasteiger partial charge in [0.2, 0.25) is 17.7 Å². The van der Waals surface area contributed by atoms with E-state index >= 15 is 0 Å². The zero-order chi connectivity index (χ0) is 16.9. The van der Waals surface area contributed by atoms with Crippen molar-refractivity contribution in [2.45, 2.75) is 32.7 Å². The molecule has 0 radical (unpaired) electrons. The number of aliphatic carboxylic acids is 1. The van der Waals surface area contributed by atoms with E-state index in [1.54, 1.807) is 6.92 Å². The van der Waals surface area contributed by atoms with Crippen molar-refractivity contribution in [1.82, 2.24) is 15.1 Å². The van der Waals surface area contributed by atoms with Crippen molar-refractivity contribution in [2.24, 2.45) is 5.92 Å². The lowest BCUT2D eigenvalue weighted by atomic mass is 9.98. The van der Waals surface area contributed by atoms with Crippen LogP contribution in [-0.2, 0) is 19.2 Å². The number of amides is 3. The Morgan fingerprint density at radius 1 is 1.36 bits per heavy atom. The number of carbonyl (C=O) groups is 4.